The van der Waals surface area contributed by atoms with E-state index in [1.807, 2.05) is 0 Å². The normalized spacial score (nSPS) is 16.9. The second kappa shape index (κ2) is 4.49. The minimum absolute atomic E-state index is 0.0972. The third kappa shape index (κ3) is 1.82. The zero-order valence-corrected chi connectivity index (χ0v) is 12.9. The summed E-state index contributed by atoms with van der Waals surface area (Å²) in [5.41, 5.74) is 13.1. The summed E-state index contributed by atoms with van der Waals surface area (Å²) in [6.45, 7) is 9.79. The van der Waals surface area contributed by atoms with E-state index >= 15 is 0 Å². The topological polar surface area (TPSA) is 30.9 Å². The molecule has 3 rings (SSSR count). The molecule has 0 fully saturated rings. The Labute approximate surface area is 121 Å². The van der Waals surface area contributed by atoms with Gasteiger partial charge in [0, 0.05) is 29.8 Å². The van der Waals surface area contributed by atoms with Crippen LogP contribution in [0, 0.1) is 0 Å². The summed E-state index contributed by atoms with van der Waals surface area (Å²) < 4.78 is 2.33. The van der Waals surface area contributed by atoms with E-state index in [2.05, 4.69) is 62.7 Å². The number of rotatable bonds is 3. The average Bonchev–Trinajstić information content (AvgIpc) is 2.89. The first-order chi connectivity index (χ1) is 9.45. The molecule has 20 heavy (non-hydrogen) atoms. The van der Waals surface area contributed by atoms with Crippen LogP contribution in [0.25, 0.3) is 11.3 Å². The van der Waals surface area contributed by atoms with E-state index in [1.165, 1.54) is 27.9 Å². The largest absolute Gasteiger partial charge is 0.346 e. The van der Waals surface area contributed by atoms with Crippen LogP contribution in [-0.4, -0.2) is 10.6 Å². The van der Waals surface area contributed by atoms with Crippen LogP contribution >= 0.6 is 0 Å². The van der Waals surface area contributed by atoms with Gasteiger partial charge in [0.1, 0.15) is 0 Å². The quantitative estimate of drug-likeness (QED) is 0.904. The Morgan fingerprint density at radius 2 is 1.95 bits per heavy atom. The summed E-state index contributed by atoms with van der Waals surface area (Å²) in [6.07, 6.45) is 3.27. The third-order valence-corrected chi connectivity index (χ3v) is 4.54. The SMILES string of the molecule is CCc1ccc2c(c1)-c1c(ccn1C[C@H](C)N)C2(C)C. The van der Waals surface area contributed by atoms with Gasteiger partial charge in [0.2, 0.25) is 0 Å². The van der Waals surface area contributed by atoms with Crippen molar-refractivity contribution in [1.29, 1.82) is 0 Å². The van der Waals surface area contributed by atoms with Gasteiger partial charge in [0.25, 0.3) is 0 Å². The van der Waals surface area contributed by atoms with Gasteiger partial charge in [-0.05, 0) is 42.2 Å². The fraction of sp³-hybridized carbons (Fsp3) is 0.444. The van der Waals surface area contributed by atoms with Gasteiger partial charge in [-0.25, -0.2) is 0 Å². The molecular formula is C18H24N2. The maximum Gasteiger partial charge on any atom is 0.0525 e. The first kappa shape index (κ1) is 13.4. The number of fused-ring (bicyclic) bond motifs is 3. The highest BCUT2D eigenvalue weighted by Crippen LogP contribution is 2.49. The standard InChI is InChI=1S/C18H24N2/c1-5-13-6-7-15-14(10-13)17-16(18(15,3)4)8-9-20(17)11-12(2)19/h6-10,12H,5,11,19H2,1-4H3/t12-/m0/s1. The fourth-order valence-electron chi connectivity index (χ4n) is 3.44. The lowest BCUT2D eigenvalue weighted by molar-refractivity contribution is 0.595. The number of aryl methyl sites for hydroxylation is 1. The van der Waals surface area contributed by atoms with Crippen LogP contribution in [0.1, 0.15) is 44.4 Å². The second-order valence-electron chi connectivity index (χ2n) is 6.57. The Hall–Kier alpha value is -1.54. The first-order valence-corrected chi connectivity index (χ1v) is 7.54. The molecule has 0 unspecified atom stereocenters. The molecule has 0 bridgehead atoms. The lowest BCUT2D eigenvalue weighted by atomic mass is 9.83. The molecule has 1 aromatic carbocycles. The molecule has 1 aromatic heterocycles. The molecule has 2 N–H and O–H groups in total. The zero-order chi connectivity index (χ0) is 14.5. The third-order valence-electron chi connectivity index (χ3n) is 4.54. The molecular weight excluding hydrogens is 244 g/mol. The molecule has 0 amide bonds. The lowest BCUT2D eigenvalue weighted by Gasteiger charge is -2.20. The highest BCUT2D eigenvalue weighted by atomic mass is 15.0. The molecule has 1 aliphatic rings. The van der Waals surface area contributed by atoms with E-state index in [-0.39, 0.29) is 11.5 Å². The molecule has 106 valence electrons. The maximum atomic E-state index is 6.00. The van der Waals surface area contributed by atoms with Crippen molar-refractivity contribution in [2.75, 3.05) is 0 Å². The highest BCUT2D eigenvalue weighted by Gasteiger charge is 2.37. The summed E-state index contributed by atoms with van der Waals surface area (Å²) in [5, 5.41) is 0. The second-order valence-corrected chi connectivity index (χ2v) is 6.57. The van der Waals surface area contributed by atoms with Crippen LogP contribution in [0.2, 0.25) is 0 Å². The van der Waals surface area contributed by atoms with Gasteiger partial charge in [0.05, 0.1) is 5.69 Å². The van der Waals surface area contributed by atoms with E-state index in [0.717, 1.165) is 13.0 Å². The molecule has 0 saturated carbocycles. The van der Waals surface area contributed by atoms with Crippen molar-refractivity contribution in [3.8, 4) is 11.3 Å². The van der Waals surface area contributed by atoms with Crippen LogP contribution in [0.3, 0.4) is 0 Å². The molecule has 1 heterocycles. The molecule has 1 aliphatic carbocycles. The monoisotopic (exact) mass is 268 g/mol. The van der Waals surface area contributed by atoms with Crippen molar-refractivity contribution in [2.24, 2.45) is 5.73 Å². The van der Waals surface area contributed by atoms with E-state index < -0.39 is 0 Å². The van der Waals surface area contributed by atoms with Crippen molar-refractivity contribution >= 4 is 0 Å². The van der Waals surface area contributed by atoms with Crippen LogP contribution in [-0.2, 0) is 18.4 Å². The van der Waals surface area contributed by atoms with Crippen molar-refractivity contribution in [3.63, 3.8) is 0 Å². The lowest BCUT2D eigenvalue weighted by Crippen LogP contribution is -2.22. The van der Waals surface area contributed by atoms with Crippen molar-refractivity contribution < 1.29 is 0 Å². The first-order valence-electron chi connectivity index (χ1n) is 7.54. The Bertz CT molecular complexity index is 647. The van der Waals surface area contributed by atoms with E-state index in [9.17, 15) is 0 Å². The summed E-state index contributed by atoms with van der Waals surface area (Å²) in [5.74, 6) is 0. The van der Waals surface area contributed by atoms with Gasteiger partial charge < -0.3 is 10.3 Å². The maximum absolute atomic E-state index is 6.00. The Kier molecular flexibility index (Phi) is 3.02. The van der Waals surface area contributed by atoms with Gasteiger partial charge in [-0.3, -0.25) is 0 Å². The average molecular weight is 268 g/mol. The number of hydrogen-bond acceptors (Lipinski definition) is 1. The van der Waals surface area contributed by atoms with Crippen LogP contribution in [0.4, 0.5) is 0 Å². The molecule has 0 spiro atoms. The molecule has 1 atom stereocenters. The van der Waals surface area contributed by atoms with Gasteiger partial charge in [-0.15, -0.1) is 0 Å². The van der Waals surface area contributed by atoms with Crippen LogP contribution in [0.5, 0.6) is 0 Å². The summed E-state index contributed by atoms with van der Waals surface area (Å²) in [4.78, 5) is 0. The van der Waals surface area contributed by atoms with Crippen molar-refractivity contribution in [1.82, 2.24) is 4.57 Å². The number of hydrogen-bond donors (Lipinski definition) is 1. The van der Waals surface area contributed by atoms with Gasteiger partial charge >= 0.3 is 0 Å². The smallest absolute Gasteiger partial charge is 0.0525 e. The Morgan fingerprint density at radius 3 is 2.60 bits per heavy atom. The van der Waals surface area contributed by atoms with Crippen molar-refractivity contribution in [3.05, 3.63) is 47.2 Å². The van der Waals surface area contributed by atoms with Crippen molar-refractivity contribution in [2.45, 2.75) is 52.1 Å². The minimum atomic E-state index is 0.0972. The molecule has 0 radical (unpaired) electrons. The summed E-state index contributed by atoms with van der Waals surface area (Å²) >= 11 is 0. The van der Waals surface area contributed by atoms with Gasteiger partial charge in [-0.2, -0.15) is 0 Å². The minimum Gasteiger partial charge on any atom is -0.346 e. The van der Waals surface area contributed by atoms with Gasteiger partial charge in [-0.1, -0.05) is 32.9 Å². The molecule has 0 saturated heterocycles. The predicted octanol–water partition coefficient (Wildman–Crippen LogP) is 3.70. The predicted molar refractivity (Wildman–Crippen MR) is 85.0 cm³/mol. The molecule has 0 aliphatic heterocycles. The number of aromatic nitrogens is 1. The number of nitrogens with zero attached hydrogens (tertiary/aromatic N) is 1. The zero-order valence-electron chi connectivity index (χ0n) is 12.9. The van der Waals surface area contributed by atoms with E-state index in [0.29, 0.717) is 0 Å². The summed E-state index contributed by atoms with van der Waals surface area (Å²) in [6, 6.07) is 9.38. The molecule has 2 heteroatoms. The summed E-state index contributed by atoms with van der Waals surface area (Å²) in [7, 11) is 0. The van der Waals surface area contributed by atoms with E-state index in [1.54, 1.807) is 0 Å². The number of benzene rings is 1. The molecule has 2 nitrogen and oxygen atoms in total. The van der Waals surface area contributed by atoms with Crippen LogP contribution in [0.15, 0.2) is 30.5 Å². The van der Waals surface area contributed by atoms with E-state index in [4.69, 9.17) is 5.73 Å². The fourth-order valence-corrected chi connectivity index (χ4v) is 3.44. The van der Waals surface area contributed by atoms with Crippen LogP contribution < -0.4 is 5.73 Å². The molecule has 2 aromatic rings. The number of nitrogens with two attached hydrogens (primary N) is 1. The van der Waals surface area contributed by atoms with Gasteiger partial charge in [0.15, 0.2) is 0 Å². The Balaban J connectivity index is 2.22. The highest BCUT2D eigenvalue weighted by molar-refractivity contribution is 5.79. The Morgan fingerprint density at radius 1 is 1.20 bits per heavy atom.